The normalized spacial score (nSPS) is 11.5. The summed E-state index contributed by atoms with van der Waals surface area (Å²) in [5, 5.41) is 6.19. The van der Waals surface area contributed by atoms with Gasteiger partial charge in [0, 0.05) is 17.8 Å². The molecule has 0 fully saturated rings. The van der Waals surface area contributed by atoms with Crippen LogP contribution in [0.15, 0.2) is 30.3 Å². The maximum Gasteiger partial charge on any atom is 0.274 e. The van der Waals surface area contributed by atoms with Crippen molar-refractivity contribution in [1.82, 2.24) is 9.97 Å². The quantitative estimate of drug-likeness (QED) is 0.885. The van der Waals surface area contributed by atoms with Crippen LogP contribution in [-0.4, -0.2) is 21.9 Å². The van der Waals surface area contributed by atoms with Crippen LogP contribution in [0.4, 0.5) is 11.5 Å². The molecule has 0 saturated carbocycles. The Labute approximate surface area is 143 Å². The van der Waals surface area contributed by atoms with Crippen molar-refractivity contribution >= 4 is 17.4 Å². The smallest absolute Gasteiger partial charge is 0.274 e. The summed E-state index contributed by atoms with van der Waals surface area (Å²) in [7, 11) is 0. The van der Waals surface area contributed by atoms with E-state index in [2.05, 4.69) is 41.4 Å². The van der Waals surface area contributed by atoms with Gasteiger partial charge in [0.1, 0.15) is 17.3 Å². The van der Waals surface area contributed by atoms with E-state index < -0.39 is 0 Å². The fraction of sp³-hybridized carbons (Fsp3) is 0.421. The first-order valence-corrected chi connectivity index (χ1v) is 8.20. The van der Waals surface area contributed by atoms with Crippen molar-refractivity contribution in [1.29, 1.82) is 0 Å². The minimum absolute atomic E-state index is 0.0597. The highest BCUT2D eigenvalue weighted by Gasteiger charge is 2.19. The Balaban J connectivity index is 2.30. The monoisotopic (exact) mass is 326 g/mol. The van der Waals surface area contributed by atoms with E-state index in [1.165, 1.54) is 0 Å². The molecule has 0 saturated heterocycles. The average molecular weight is 326 g/mol. The molecule has 24 heavy (non-hydrogen) atoms. The Bertz CT molecular complexity index is 732. The fourth-order valence-electron chi connectivity index (χ4n) is 2.49. The Kier molecular flexibility index (Phi) is 5.22. The molecule has 0 aliphatic rings. The number of benzene rings is 1. The summed E-state index contributed by atoms with van der Waals surface area (Å²) in [6.45, 7) is 12.2. The van der Waals surface area contributed by atoms with Crippen molar-refractivity contribution in [3.8, 4) is 0 Å². The van der Waals surface area contributed by atoms with Gasteiger partial charge in [-0.05, 0) is 37.8 Å². The van der Waals surface area contributed by atoms with Gasteiger partial charge in [0.2, 0.25) is 0 Å². The number of nitrogens with zero attached hydrogens (tertiary/aromatic N) is 2. The maximum atomic E-state index is 12.7. The maximum absolute atomic E-state index is 12.7. The van der Waals surface area contributed by atoms with Gasteiger partial charge in [-0.1, -0.05) is 39.0 Å². The number of carbonyl (C=O) groups is 1. The molecule has 5 heteroatoms. The first-order chi connectivity index (χ1) is 11.2. The predicted molar refractivity (Wildman–Crippen MR) is 98.6 cm³/mol. The molecule has 1 aromatic carbocycles. The fourth-order valence-corrected chi connectivity index (χ4v) is 2.49. The lowest BCUT2D eigenvalue weighted by atomic mass is 9.86. The molecular formula is C19H26N4O. The van der Waals surface area contributed by atoms with Gasteiger partial charge in [-0.3, -0.25) is 4.79 Å². The van der Waals surface area contributed by atoms with Crippen LogP contribution in [0, 0.1) is 6.92 Å². The van der Waals surface area contributed by atoms with E-state index in [1.807, 2.05) is 38.1 Å². The minimum atomic E-state index is -0.232. The molecule has 0 aliphatic heterocycles. The number of para-hydroxylation sites is 1. The largest absolute Gasteiger partial charge is 0.368 e. The lowest BCUT2D eigenvalue weighted by molar-refractivity contribution is 0.102. The molecule has 1 amide bonds. The van der Waals surface area contributed by atoms with Gasteiger partial charge in [0.05, 0.1) is 0 Å². The highest BCUT2D eigenvalue weighted by atomic mass is 16.1. The number of hydrogen-bond donors (Lipinski definition) is 2. The predicted octanol–water partition coefficient (Wildman–Crippen LogP) is 4.16. The van der Waals surface area contributed by atoms with Gasteiger partial charge < -0.3 is 10.6 Å². The van der Waals surface area contributed by atoms with Gasteiger partial charge >= 0.3 is 0 Å². The van der Waals surface area contributed by atoms with E-state index in [0.29, 0.717) is 17.3 Å². The highest BCUT2D eigenvalue weighted by Crippen LogP contribution is 2.29. The lowest BCUT2D eigenvalue weighted by Crippen LogP contribution is -2.20. The number of amides is 1. The molecule has 2 N–H and O–H groups in total. The topological polar surface area (TPSA) is 66.9 Å². The number of anilines is 2. The zero-order valence-electron chi connectivity index (χ0n) is 15.3. The van der Waals surface area contributed by atoms with Crippen LogP contribution in [0.5, 0.6) is 0 Å². The molecule has 0 unspecified atom stereocenters. The molecule has 2 rings (SSSR count). The summed E-state index contributed by atoms with van der Waals surface area (Å²) in [6, 6.07) is 9.77. The van der Waals surface area contributed by atoms with Crippen LogP contribution in [0.25, 0.3) is 0 Å². The Morgan fingerprint density at radius 2 is 1.79 bits per heavy atom. The Hall–Kier alpha value is -2.43. The number of rotatable bonds is 4. The second-order valence-electron chi connectivity index (χ2n) is 7.23. The van der Waals surface area contributed by atoms with Crippen molar-refractivity contribution in [2.24, 2.45) is 0 Å². The van der Waals surface area contributed by atoms with Crippen molar-refractivity contribution in [2.45, 2.75) is 53.0 Å². The summed E-state index contributed by atoms with van der Waals surface area (Å²) >= 11 is 0. The third-order valence-corrected chi connectivity index (χ3v) is 3.49. The van der Waals surface area contributed by atoms with E-state index >= 15 is 0 Å². The molecule has 0 bridgehead atoms. The Morgan fingerprint density at radius 1 is 1.12 bits per heavy atom. The number of carbonyl (C=O) groups excluding carboxylic acids is 1. The average Bonchev–Trinajstić information content (AvgIpc) is 2.45. The molecule has 0 spiro atoms. The first-order valence-electron chi connectivity index (χ1n) is 8.20. The van der Waals surface area contributed by atoms with Crippen LogP contribution in [0.2, 0.25) is 0 Å². The van der Waals surface area contributed by atoms with Crippen molar-refractivity contribution < 1.29 is 4.79 Å². The summed E-state index contributed by atoms with van der Waals surface area (Å²) < 4.78 is 0. The van der Waals surface area contributed by atoms with Gasteiger partial charge in [-0.2, -0.15) is 0 Å². The summed E-state index contributed by atoms with van der Waals surface area (Å²) in [4.78, 5) is 21.2. The second kappa shape index (κ2) is 6.99. The third kappa shape index (κ3) is 4.54. The van der Waals surface area contributed by atoms with E-state index in [0.717, 1.165) is 11.3 Å². The van der Waals surface area contributed by atoms with Crippen LogP contribution in [0.1, 0.15) is 56.5 Å². The standard InChI is InChI=1S/C19H26N4O/c1-12(2)20-17-11-16(21-13(3)22-17)18(24)23-15-10-8-7-9-14(15)19(4,5)6/h7-12H,1-6H3,(H,23,24)(H,20,21,22). The highest BCUT2D eigenvalue weighted by molar-refractivity contribution is 6.03. The number of hydrogen-bond acceptors (Lipinski definition) is 4. The zero-order chi connectivity index (χ0) is 17.9. The van der Waals surface area contributed by atoms with Gasteiger partial charge in [0.25, 0.3) is 5.91 Å². The Morgan fingerprint density at radius 3 is 2.42 bits per heavy atom. The minimum Gasteiger partial charge on any atom is -0.368 e. The summed E-state index contributed by atoms with van der Waals surface area (Å²) in [6.07, 6.45) is 0. The number of nitrogens with one attached hydrogen (secondary N) is 2. The first kappa shape index (κ1) is 17.9. The van der Waals surface area contributed by atoms with Crippen LogP contribution in [-0.2, 0) is 5.41 Å². The second-order valence-corrected chi connectivity index (χ2v) is 7.23. The molecule has 1 heterocycles. The molecule has 2 aromatic rings. The van der Waals surface area contributed by atoms with Crippen molar-refractivity contribution in [3.63, 3.8) is 0 Å². The molecular weight excluding hydrogens is 300 g/mol. The third-order valence-electron chi connectivity index (χ3n) is 3.49. The molecule has 0 radical (unpaired) electrons. The van der Waals surface area contributed by atoms with E-state index in [9.17, 15) is 4.79 Å². The van der Waals surface area contributed by atoms with E-state index in [-0.39, 0.29) is 17.4 Å². The van der Waals surface area contributed by atoms with Crippen LogP contribution in [0.3, 0.4) is 0 Å². The van der Waals surface area contributed by atoms with Crippen molar-refractivity contribution in [2.75, 3.05) is 10.6 Å². The number of aromatic nitrogens is 2. The van der Waals surface area contributed by atoms with Gasteiger partial charge in [-0.25, -0.2) is 9.97 Å². The molecule has 0 aliphatic carbocycles. The number of aryl methyl sites for hydroxylation is 1. The van der Waals surface area contributed by atoms with Crippen molar-refractivity contribution in [3.05, 3.63) is 47.4 Å². The summed E-state index contributed by atoms with van der Waals surface area (Å²) in [5.41, 5.74) is 2.19. The van der Waals surface area contributed by atoms with E-state index in [4.69, 9.17) is 0 Å². The van der Waals surface area contributed by atoms with Gasteiger partial charge in [0.15, 0.2) is 0 Å². The van der Waals surface area contributed by atoms with Crippen LogP contribution < -0.4 is 10.6 Å². The molecule has 5 nitrogen and oxygen atoms in total. The molecule has 0 atom stereocenters. The SMILES string of the molecule is Cc1nc(NC(C)C)cc(C(=O)Nc2ccccc2C(C)(C)C)n1. The van der Waals surface area contributed by atoms with E-state index in [1.54, 1.807) is 13.0 Å². The lowest BCUT2D eigenvalue weighted by Gasteiger charge is -2.23. The summed E-state index contributed by atoms with van der Waals surface area (Å²) in [5.74, 6) is 0.991. The van der Waals surface area contributed by atoms with Gasteiger partial charge in [-0.15, -0.1) is 0 Å². The molecule has 1 aromatic heterocycles. The zero-order valence-corrected chi connectivity index (χ0v) is 15.3. The van der Waals surface area contributed by atoms with Crippen LogP contribution >= 0.6 is 0 Å². The molecule has 128 valence electrons.